The quantitative estimate of drug-likeness (QED) is 0.857. The first-order chi connectivity index (χ1) is 10.2. The number of thiophene rings is 1. The lowest BCUT2D eigenvalue weighted by atomic mass is 10.4. The molecule has 0 spiro atoms. The molecule has 2 aromatic rings. The number of rotatable bonds is 4. The van der Waals surface area contributed by atoms with Crippen molar-refractivity contribution in [2.24, 2.45) is 0 Å². The fraction of sp³-hybridized carbons (Fsp3) is 0.385. The van der Waals surface area contributed by atoms with E-state index >= 15 is 0 Å². The maximum absolute atomic E-state index is 13.9. The summed E-state index contributed by atoms with van der Waals surface area (Å²) < 4.78 is 32.1. The highest BCUT2D eigenvalue weighted by Gasteiger charge is 2.18. The average Bonchev–Trinajstić information content (AvgIpc) is 3.04. The third-order valence-electron chi connectivity index (χ3n) is 3.07. The molecule has 0 radical (unpaired) electrons. The number of anilines is 1. The van der Waals surface area contributed by atoms with E-state index in [0.717, 1.165) is 10.4 Å². The molecule has 0 saturated carbocycles. The van der Waals surface area contributed by atoms with E-state index in [1.807, 2.05) is 22.4 Å². The van der Waals surface area contributed by atoms with E-state index in [-0.39, 0.29) is 11.6 Å². The Morgan fingerprint density at radius 2 is 2.24 bits per heavy atom. The third-order valence-corrected chi connectivity index (χ3v) is 5.68. The molecular formula is C13H14FN3O2S2. The zero-order valence-corrected chi connectivity index (χ0v) is 12.8. The molecule has 3 heterocycles. The van der Waals surface area contributed by atoms with Crippen molar-refractivity contribution in [2.45, 2.75) is 9.96 Å². The van der Waals surface area contributed by atoms with E-state index in [1.54, 1.807) is 0 Å². The van der Waals surface area contributed by atoms with Crippen molar-refractivity contribution in [3.05, 3.63) is 35.4 Å². The first-order valence-electron chi connectivity index (χ1n) is 6.50. The summed E-state index contributed by atoms with van der Waals surface area (Å²) in [4.78, 5) is 10.0. The van der Waals surface area contributed by atoms with E-state index < -0.39 is 16.6 Å². The predicted octanol–water partition coefficient (Wildman–Crippen LogP) is 1.82. The summed E-state index contributed by atoms with van der Waals surface area (Å²) in [6.45, 7) is 2.31. The van der Waals surface area contributed by atoms with Gasteiger partial charge in [0, 0.05) is 13.1 Å². The molecule has 0 N–H and O–H groups in total. The Kier molecular flexibility index (Phi) is 4.57. The summed E-state index contributed by atoms with van der Waals surface area (Å²) in [7, 11) is -1.20. The van der Waals surface area contributed by atoms with Crippen molar-refractivity contribution < 1.29 is 13.3 Å². The molecule has 1 saturated heterocycles. The zero-order chi connectivity index (χ0) is 14.7. The molecule has 0 bridgehead atoms. The molecular weight excluding hydrogens is 313 g/mol. The van der Waals surface area contributed by atoms with Gasteiger partial charge in [-0.1, -0.05) is 6.07 Å². The lowest BCUT2D eigenvalue weighted by molar-refractivity contribution is 0.122. The Balaban J connectivity index is 1.78. The van der Waals surface area contributed by atoms with Crippen LogP contribution in [0.2, 0.25) is 0 Å². The van der Waals surface area contributed by atoms with Crippen LogP contribution < -0.4 is 4.90 Å². The molecule has 21 heavy (non-hydrogen) atoms. The van der Waals surface area contributed by atoms with Crippen molar-refractivity contribution in [2.75, 3.05) is 31.2 Å². The number of hydrogen-bond acceptors (Lipinski definition) is 6. The number of morpholine rings is 1. The van der Waals surface area contributed by atoms with E-state index in [4.69, 9.17) is 4.74 Å². The Labute approximate surface area is 128 Å². The molecule has 1 atom stereocenters. The number of aromatic nitrogens is 2. The molecule has 2 aromatic heterocycles. The molecule has 1 fully saturated rings. The van der Waals surface area contributed by atoms with Gasteiger partial charge < -0.3 is 9.64 Å². The first-order valence-corrected chi connectivity index (χ1v) is 8.70. The van der Waals surface area contributed by atoms with Crippen LogP contribution in [0.25, 0.3) is 0 Å². The number of hydrogen-bond donors (Lipinski definition) is 0. The average molecular weight is 327 g/mol. The second-order valence-corrected chi connectivity index (χ2v) is 7.10. The maximum Gasteiger partial charge on any atom is 0.183 e. The monoisotopic (exact) mass is 327 g/mol. The Hall–Kier alpha value is -1.38. The summed E-state index contributed by atoms with van der Waals surface area (Å²) in [5.74, 6) is 0.400. The van der Waals surface area contributed by atoms with Gasteiger partial charge in [-0.2, -0.15) is 0 Å². The summed E-state index contributed by atoms with van der Waals surface area (Å²) in [5.41, 5.74) is 0. The maximum atomic E-state index is 13.9. The molecule has 0 aliphatic carbocycles. The van der Waals surface area contributed by atoms with Crippen molar-refractivity contribution in [1.82, 2.24) is 9.97 Å². The van der Waals surface area contributed by atoms with Gasteiger partial charge in [-0.25, -0.2) is 14.4 Å². The minimum atomic E-state index is -1.20. The van der Waals surface area contributed by atoms with Crippen LogP contribution in [0, 0.1) is 5.82 Å². The highest BCUT2D eigenvalue weighted by Crippen LogP contribution is 2.20. The zero-order valence-electron chi connectivity index (χ0n) is 11.2. The van der Waals surface area contributed by atoms with Crippen molar-refractivity contribution >= 4 is 28.0 Å². The van der Waals surface area contributed by atoms with Crippen molar-refractivity contribution in [3.63, 3.8) is 0 Å². The normalized spacial score (nSPS) is 16.9. The minimum Gasteiger partial charge on any atom is -0.378 e. The van der Waals surface area contributed by atoms with Crippen LogP contribution in [0.5, 0.6) is 0 Å². The summed E-state index contributed by atoms with van der Waals surface area (Å²) in [6.07, 6.45) is 1.15. The van der Waals surface area contributed by atoms with E-state index in [9.17, 15) is 8.60 Å². The van der Waals surface area contributed by atoms with Gasteiger partial charge in [0.25, 0.3) is 0 Å². The number of halogens is 1. The topological polar surface area (TPSA) is 55.3 Å². The second-order valence-electron chi connectivity index (χ2n) is 4.48. The van der Waals surface area contributed by atoms with E-state index in [0.29, 0.717) is 32.1 Å². The van der Waals surface area contributed by atoms with Crippen LogP contribution in [0.1, 0.15) is 5.82 Å². The molecule has 5 nitrogen and oxygen atoms in total. The van der Waals surface area contributed by atoms with Crippen molar-refractivity contribution in [3.8, 4) is 0 Å². The van der Waals surface area contributed by atoms with Gasteiger partial charge in [-0.15, -0.1) is 11.3 Å². The van der Waals surface area contributed by atoms with Gasteiger partial charge in [0.2, 0.25) is 0 Å². The molecule has 3 rings (SSSR count). The van der Waals surface area contributed by atoms with Gasteiger partial charge in [0.15, 0.2) is 11.6 Å². The number of ether oxygens (including phenoxy) is 1. The van der Waals surface area contributed by atoms with Gasteiger partial charge >= 0.3 is 0 Å². The second kappa shape index (κ2) is 6.59. The Bertz CT molecular complexity index is 630. The van der Waals surface area contributed by atoms with Crippen LogP contribution in [0.4, 0.5) is 10.2 Å². The van der Waals surface area contributed by atoms with Crippen LogP contribution in [0.3, 0.4) is 0 Å². The van der Waals surface area contributed by atoms with E-state index in [1.165, 1.54) is 11.3 Å². The predicted molar refractivity (Wildman–Crippen MR) is 79.5 cm³/mol. The number of nitrogens with zero attached hydrogens (tertiary/aromatic N) is 3. The fourth-order valence-corrected chi connectivity index (χ4v) is 4.01. The van der Waals surface area contributed by atoms with Crippen molar-refractivity contribution in [1.29, 1.82) is 0 Å². The lowest BCUT2D eigenvalue weighted by Crippen LogP contribution is -2.37. The molecule has 0 aromatic carbocycles. The van der Waals surface area contributed by atoms with E-state index in [2.05, 4.69) is 9.97 Å². The van der Waals surface area contributed by atoms with Crippen LogP contribution in [-0.4, -0.2) is 40.5 Å². The molecule has 1 unspecified atom stereocenters. The highest BCUT2D eigenvalue weighted by atomic mass is 32.2. The van der Waals surface area contributed by atoms with Gasteiger partial charge in [-0.3, -0.25) is 4.21 Å². The first kappa shape index (κ1) is 14.6. The van der Waals surface area contributed by atoms with Gasteiger partial charge in [0.05, 0.1) is 40.2 Å². The molecule has 0 amide bonds. The highest BCUT2D eigenvalue weighted by molar-refractivity contribution is 7.86. The molecule has 1 aliphatic rings. The smallest absolute Gasteiger partial charge is 0.183 e. The SMILES string of the molecule is O=S(Cc1ncc(F)c(N2CCOCC2)n1)c1cccs1. The Morgan fingerprint density at radius 3 is 2.95 bits per heavy atom. The molecule has 8 heteroatoms. The largest absolute Gasteiger partial charge is 0.378 e. The Morgan fingerprint density at radius 1 is 1.43 bits per heavy atom. The minimum absolute atomic E-state index is 0.193. The van der Waals surface area contributed by atoms with Gasteiger partial charge in [-0.05, 0) is 11.4 Å². The summed E-state index contributed by atoms with van der Waals surface area (Å²) in [5, 5.41) is 1.87. The molecule has 1 aliphatic heterocycles. The molecule has 112 valence electrons. The lowest BCUT2D eigenvalue weighted by Gasteiger charge is -2.28. The summed E-state index contributed by atoms with van der Waals surface area (Å²) >= 11 is 1.43. The fourth-order valence-electron chi connectivity index (χ4n) is 2.04. The van der Waals surface area contributed by atoms with Crippen LogP contribution >= 0.6 is 11.3 Å². The van der Waals surface area contributed by atoms with Crippen LogP contribution in [0.15, 0.2) is 27.9 Å². The third kappa shape index (κ3) is 3.45. The van der Waals surface area contributed by atoms with Gasteiger partial charge in [0.1, 0.15) is 5.82 Å². The summed E-state index contributed by atoms with van der Waals surface area (Å²) in [6, 6.07) is 3.66. The standard InChI is InChI=1S/C13H14FN3O2S2/c14-10-8-15-11(9-21(18)12-2-1-7-20-12)16-13(10)17-3-5-19-6-4-17/h1-2,7-8H,3-6,9H2. The van der Waals surface area contributed by atoms with Crippen LogP contribution in [-0.2, 0) is 21.3 Å².